The summed E-state index contributed by atoms with van der Waals surface area (Å²) in [5.41, 5.74) is 4.83. The molecule has 0 amide bonds. The summed E-state index contributed by atoms with van der Waals surface area (Å²) in [6, 6.07) is 3.07. The van der Waals surface area contributed by atoms with Gasteiger partial charge in [0.15, 0.2) is 17.7 Å². The summed E-state index contributed by atoms with van der Waals surface area (Å²) in [5.74, 6) is -2.26. The van der Waals surface area contributed by atoms with Gasteiger partial charge in [-0.3, -0.25) is 4.98 Å². The van der Waals surface area contributed by atoms with Crippen LogP contribution in [-0.2, 0) is 16.7 Å². The first-order valence-corrected chi connectivity index (χ1v) is 9.72. The third-order valence-electron chi connectivity index (χ3n) is 5.33. The van der Waals surface area contributed by atoms with Crippen LogP contribution < -0.4 is 10.5 Å². The van der Waals surface area contributed by atoms with Crippen molar-refractivity contribution < 1.29 is 31.4 Å². The third-order valence-corrected chi connectivity index (χ3v) is 5.33. The largest absolute Gasteiger partial charge is 0.480 e. The molecule has 7 nitrogen and oxygen atoms in total. The van der Waals surface area contributed by atoms with Crippen molar-refractivity contribution in [2.75, 3.05) is 7.11 Å². The Balaban J connectivity index is 1.76. The quantitative estimate of drug-likeness (QED) is 0.587. The fourth-order valence-electron chi connectivity index (χ4n) is 3.76. The van der Waals surface area contributed by atoms with Crippen LogP contribution >= 0.6 is 0 Å². The minimum atomic E-state index is -4.76. The molecule has 0 radical (unpaired) electrons. The lowest BCUT2D eigenvalue weighted by molar-refractivity contribution is -0.208. The van der Waals surface area contributed by atoms with Crippen LogP contribution in [0.2, 0.25) is 0 Å². The molecule has 3 heterocycles. The van der Waals surface area contributed by atoms with E-state index in [1.807, 2.05) is 0 Å². The average molecular weight is 467 g/mol. The maximum absolute atomic E-state index is 14.8. The number of nitrogens with two attached hydrogens (primary N) is 1. The minimum absolute atomic E-state index is 0.0109. The Morgan fingerprint density at radius 3 is 2.70 bits per heavy atom. The first kappa shape index (κ1) is 22.6. The maximum atomic E-state index is 14.8. The van der Waals surface area contributed by atoms with Crippen molar-refractivity contribution in [1.29, 1.82) is 0 Å². The van der Waals surface area contributed by atoms with Crippen LogP contribution in [0.4, 0.5) is 22.0 Å². The Morgan fingerprint density at radius 2 is 2.00 bits per heavy atom. The summed E-state index contributed by atoms with van der Waals surface area (Å²) in [6.45, 7) is 1.25. The molecule has 0 bridgehead atoms. The van der Waals surface area contributed by atoms with E-state index in [0.29, 0.717) is 16.7 Å². The Labute approximate surface area is 184 Å². The average Bonchev–Trinajstić information content (AvgIpc) is 2.74. The summed E-state index contributed by atoms with van der Waals surface area (Å²) in [7, 11) is 1.44. The van der Waals surface area contributed by atoms with Crippen molar-refractivity contribution in [3.05, 3.63) is 59.0 Å². The number of alkyl halides is 3. The molecule has 2 N–H and O–H groups in total. The first-order chi connectivity index (χ1) is 15.5. The van der Waals surface area contributed by atoms with Crippen LogP contribution in [0, 0.1) is 11.6 Å². The molecule has 0 unspecified atom stereocenters. The van der Waals surface area contributed by atoms with Gasteiger partial charge in [0.1, 0.15) is 5.52 Å². The van der Waals surface area contributed by atoms with E-state index in [9.17, 15) is 22.0 Å². The van der Waals surface area contributed by atoms with Crippen molar-refractivity contribution in [2.24, 2.45) is 10.7 Å². The van der Waals surface area contributed by atoms with Gasteiger partial charge in [0, 0.05) is 24.6 Å². The predicted octanol–water partition coefficient (Wildman–Crippen LogP) is 3.78. The highest BCUT2D eigenvalue weighted by atomic mass is 19.4. The van der Waals surface area contributed by atoms with Gasteiger partial charge in [-0.2, -0.15) is 13.2 Å². The molecule has 0 saturated heterocycles. The topological polar surface area (TPSA) is 95.5 Å². The fourth-order valence-corrected chi connectivity index (χ4v) is 3.76. The number of aromatic nitrogens is 3. The number of ether oxygens (including phenoxy) is 2. The van der Waals surface area contributed by atoms with Crippen molar-refractivity contribution in [2.45, 2.75) is 37.6 Å². The van der Waals surface area contributed by atoms with Crippen LogP contribution in [0.5, 0.6) is 5.88 Å². The Hall–Kier alpha value is -3.57. The zero-order valence-corrected chi connectivity index (χ0v) is 17.5. The molecule has 1 aromatic carbocycles. The monoisotopic (exact) mass is 467 g/mol. The van der Waals surface area contributed by atoms with E-state index in [2.05, 4.69) is 24.7 Å². The molecule has 174 valence electrons. The van der Waals surface area contributed by atoms with Crippen LogP contribution in [0.25, 0.3) is 11.0 Å². The van der Waals surface area contributed by atoms with E-state index in [0.717, 1.165) is 6.07 Å². The summed E-state index contributed by atoms with van der Waals surface area (Å²) < 4.78 is 78.8. The molecule has 1 aliphatic heterocycles. The molecule has 2 aromatic heterocycles. The van der Waals surface area contributed by atoms with E-state index in [-0.39, 0.29) is 23.4 Å². The van der Waals surface area contributed by atoms with E-state index in [1.54, 1.807) is 6.07 Å². The number of halogens is 5. The van der Waals surface area contributed by atoms with Crippen molar-refractivity contribution >= 4 is 17.1 Å². The molecular formula is C21H18F5N5O2. The highest BCUT2D eigenvalue weighted by Gasteiger charge is 2.50. The Kier molecular flexibility index (Phi) is 5.54. The van der Waals surface area contributed by atoms with Crippen molar-refractivity contribution in [3.63, 3.8) is 0 Å². The van der Waals surface area contributed by atoms with Crippen LogP contribution in [0.15, 0.2) is 35.6 Å². The number of nitrogens with zero attached hydrogens (tertiary/aromatic N) is 4. The number of aliphatic imine (C=N–C) groups is 1. The highest BCUT2D eigenvalue weighted by molar-refractivity contribution is 5.77. The SMILES string of the molecule is COc1cnc2c(Cc3cc(F)c(F)c([C@]4(C)C[C@@H](C(F)(F)F)OC(N)=N4)c3)nccc2n1. The second-order valence-corrected chi connectivity index (χ2v) is 7.73. The molecule has 0 fully saturated rings. The molecular weight excluding hydrogens is 449 g/mol. The molecule has 0 aliphatic carbocycles. The number of pyridine rings is 1. The van der Waals surface area contributed by atoms with Crippen LogP contribution in [0.3, 0.4) is 0 Å². The predicted molar refractivity (Wildman–Crippen MR) is 108 cm³/mol. The molecule has 0 saturated carbocycles. The number of amidine groups is 1. The number of benzene rings is 1. The van der Waals surface area contributed by atoms with Gasteiger partial charge in [-0.15, -0.1) is 0 Å². The maximum Gasteiger partial charge on any atom is 0.425 e. The van der Waals surface area contributed by atoms with Gasteiger partial charge in [-0.1, -0.05) is 0 Å². The van der Waals surface area contributed by atoms with Crippen molar-refractivity contribution in [1.82, 2.24) is 15.0 Å². The summed E-state index contributed by atoms with van der Waals surface area (Å²) in [5, 5.41) is 0. The smallest absolute Gasteiger partial charge is 0.425 e. The standard InChI is InChI=1S/C21H18F5N5O2/c1-20(8-15(21(24,25)26)33-19(27)31-20)11-5-10(6-12(22)17(11)23)7-14-18-13(3-4-28-14)30-16(32-2)9-29-18/h3-6,9,15H,7-8H2,1-2H3,(H2,27,31)/t15-,20-/m0/s1. The van der Waals surface area contributed by atoms with Gasteiger partial charge in [-0.05, 0) is 30.7 Å². The molecule has 12 heteroatoms. The first-order valence-electron chi connectivity index (χ1n) is 9.72. The summed E-state index contributed by atoms with van der Waals surface area (Å²) in [4.78, 5) is 16.7. The van der Waals surface area contributed by atoms with E-state index in [1.165, 1.54) is 32.5 Å². The summed E-state index contributed by atoms with van der Waals surface area (Å²) in [6.07, 6.45) is -4.96. The normalized spacial score (nSPS) is 20.9. The molecule has 2 atom stereocenters. The number of methoxy groups -OCH3 is 1. The lowest BCUT2D eigenvalue weighted by atomic mass is 9.84. The van der Waals surface area contributed by atoms with Crippen LogP contribution in [0.1, 0.15) is 30.2 Å². The minimum Gasteiger partial charge on any atom is -0.480 e. The zero-order chi connectivity index (χ0) is 24.0. The van der Waals surface area contributed by atoms with Gasteiger partial charge in [-0.25, -0.2) is 23.7 Å². The number of fused-ring (bicyclic) bond motifs is 1. The van der Waals surface area contributed by atoms with E-state index in [4.69, 9.17) is 10.5 Å². The number of hydrogen-bond donors (Lipinski definition) is 1. The Bertz CT molecular complexity index is 1250. The molecule has 33 heavy (non-hydrogen) atoms. The fraction of sp³-hybridized carbons (Fsp3) is 0.333. The molecule has 3 aromatic rings. The summed E-state index contributed by atoms with van der Waals surface area (Å²) >= 11 is 0. The molecule has 1 aliphatic rings. The van der Waals surface area contributed by atoms with Gasteiger partial charge in [0.05, 0.1) is 30.1 Å². The Morgan fingerprint density at radius 1 is 1.24 bits per heavy atom. The van der Waals surface area contributed by atoms with E-state index >= 15 is 0 Å². The zero-order valence-electron chi connectivity index (χ0n) is 17.5. The van der Waals surface area contributed by atoms with Gasteiger partial charge < -0.3 is 15.2 Å². The van der Waals surface area contributed by atoms with Gasteiger partial charge in [0.2, 0.25) is 5.88 Å². The van der Waals surface area contributed by atoms with Crippen LogP contribution in [-0.4, -0.2) is 40.4 Å². The van der Waals surface area contributed by atoms with Gasteiger partial charge >= 0.3 is 6.18 Å². The molecule has 4 rings (SSSR count). The van der Waals surface area contributed by atoms with Gasteiger partial charge in [0.25, 0.3) is 6.02 Å². The number of hydrogen-bond acceptors (Lipinski definition) is 7. The lowest BCUT2D eigenvalue weighted by Crippen LogP contribution is -2.46. The highest BCUT2D eigenvalue weighted by Crippen LogP contribution is 2.41. The second-order valence-electron chi connectivity index (χ2n) is 7.73. The van der Waals surface area contributed by atoms with E-state index < -0.39 is 41.9 Å². The van der Waals surface area contributed by atoms with Crippen molar-refractivity contribution in [3.8, 4) is 5.88 Å². The third kappa shape index (κ3) is 4.37. The number of rotatable bonds is 4. The molecule has 0 spiro atoms. The second kappa shape index (κ2) is 8.09. The lowest BCUT2D eigenvalue weighted by Gasteiger charge is -2.36.